The van der Waals surface area contributed by atoms with Gasteiger partial charge in [-0.2, -0.15) is 5.26 Å². The number of amides is 1. The minimum atomic E-state index is -0.538. The van der Waals surface area contributed by atoms with Crippen LogP contribution in [0, 0.1) is 11.3 Å². The molecule has 2 aromatic rings. The van der Waals surface area contributed by atoms with Crippen LogP contribution in [0.5, 0.6) is 5.75 Å². The van der Waals surface area contributed by atoms with Crippen molar-refractivity contribution in [2.24, 2.45) is 0 Å². The Hall–Kier alpha value is -3.13. The third kappa shape index (κ3) is 4.32. The van der Waals surface area contributed by atoms with Crippen LogP contribution < -0.4 is 4.74 Å². The Morgan fingerprint density at radius 1 is 1.14 bits per heavy atom. The molecular formula is C24H26N2O3. The van der Waals surface area contributed by atoms with Crippen molar-refractivity contribution in [2.45, 2.75) is 52.0 Å². The van der Waals surface area contributed by atoms with Gasteiger partial charge in [-0.3, -0.25) is 4.79 Å². The predicted molar refractivity (Wildman–Crippen MR) is 111 cm³/mol. The molecule has 0 saturated carbocycles. The highest BCUT2D eigenvalue weighted by molar-refractivity contribution is 6.02. The molecule has 1 amide bonds. The highest BCUT2D eigenvalue weighted by atomic mass is 16.5. The topological polar surface area (TPSA) is 70.4 Å². The fraction of sp³-hybridized carbons (Fsp3) is 0.375. The molecule has 0 fully saturated rings. The molecule has 0 atom stereocenters. The lowest BCUT2D eigenvalue weighted by Gasteiger charge is -2.36. The van der Waals surface area contributed by atoms with Crippen molar-refractivity contribution < 1.29 is 14.3 Å². The molecule has 2 aromatic carbocycles. The fourth-order valence-corrected chi connectivity index (χ4v) is 4.01. The summed E-state index contributed by atoms with van der Waals surface area (Å²) >= 11 is 0. The summed E-state index contributed by atoms with van der Waals surface area (Å²) in [6.07, 6.45) is 4.66. The number of fused-ring (bicyclic) bond motifs is 1. The van der Waals surface area contributed by atoms with Crippen molar-refractivity contribution in [3.05, 3.63) is 64.7 Å². The average molecular weight is 390 g/mol. The van der Waals surface area contributed by atoms with Crippen molar-refractivity contribution in [3.63, 3.8) is 0 Å². The van der Waals surface area contributed by atoms with Crippen molar-refractivity contribution in [3.8, 4) is 11.8 Å². The maximum absolute atomic E-state index is 13.2. The van der Waals surface area contributed by atoms with E-state index in [2.05, 4.69) is 13.8 Å². The molecule has 1 heterocycles. The maximum atomic E-state index is 13.2. The summed E-state index contributed by atoms with van der Waals surface area (Å²) in [6.45, 7) is 4.88. The van der Waals surface area contributed by atoms with Gasteiger partial charge in [-0.15, -0.1) is 0 Å². The van der Waals surface area contributed by atoms with Crippen LogP contribution >= 0.6 is 0 Å². The second-order valence-corrected chi connectivity index (χ2v) is 7.31. The van der Waals surface area contributed by atoms with E-state index in [-0.39, 0.29) is 17.7 Å². The van der Waals surface area contributed by atoms with E-state index in [4.69, 9.17) is 4.74 Å². The van der Waals surface area contributed by atoms with Gasteiger partial charge in [-0.25, -0.2) is 4.79 Å². The molecule has 3 rings (SSSR count). The van der Waals surface area contributed by atoms with Crippen molar-refractivity contribution in [1.82, 2.24) is 4.90 Å². The number of para-hydroxylation sites is 1. The molecule has 0 unspecified atom stereocenters. The third-order valence-corrected chi connectivity index (χ3v) is 5.38. The summed E-state index contributed by atoms with van der Waals surface area (Å²) in [5, 5.41) is 9.21. The van der Waals surface area contributed by atoms with Crippen LogP contribution in [0.25, 0.3) is 0 Å². The SMILES string of the molecule is CCCC(CCC)N1CCc2c(C(=O)Oc3ccccc3C#N)cccc2C1=O. The molecule has 5 nitrogen and oxygen atoms in total. The van der Waals surface area contributed by atoms with Gasteiger partial charge < -0.3 is 9.64 Å². The van der Waals surface area contributed by atoms with Crippen molar-refractivity contribution in [1.29, 1.82) is 5.26 Å². The molecule has 29 heavy (non-hydrogen) atoms. The molecule has 0 bridgehead atoms. The van der Waals surface area contributed by atoms with E-state index in [0.717, 1.165) is 31.2 Å². The van der Waals surface area contributed by atoms with E-state index in [1.54, 1.807) is 42.5 Å². The summed E-state index contributed by atoms with van der Waals surface area (Å²) in [6, 6.07) is 14.1. The fourth-order valence-electron chi connectivity index (χ4n) is 4.01. The first-order valence-electron chi connectivity index (χ1n) is 10.2. The first-order valence-corrected chi connectivity index (χ1v) is 10.2. The number of rotatable bonds is 7. The van der Waals surface area contributed by atoms with E-state index in [1.165, 1.54) is 0 Å². The molecule has 0 radical (unpaired) electrons. The zero-order chi connectivity index (χ0) is 20.8. The van der Waals surface area contributed by atoms with Crippen molar-refractivity contribution >= 4 is 11.9 Å². The van der Waals surface area contributed by atoms with Crippen LogP contribution in [0.15, 0.2) is 42.5 Å². The zero-order valence-electron chi connectivity index (χ0n) is 17.0. The molecule has 0 aliphatic carbocycles. The molecule has 0 aromatic heterocycles. The van der Waals surface area contributed by atoms with E-state index in [1.807, 2.05) is 11.0 Å². The summed E-state index contributed by atoms with van der Waals surface area (Å²) in [5.41, 5.74) is 2.01. The van der Waals surface area contributed by atoms with Gasteiger partial charge >= 0.3 is 5.97 Å². The Morgan fingerprint density at radius 2 is 1.86 bits per heavy atom. The number of nitriles is 1. The lowest BCUT2D eigenvalue weighted by molar-refractivity contribution is 0.0636. The number of benzene rings is 2. The molecule has 5 heteroatoms. The molecular weight excluding hydrogens is 364 g/mol. The minimum absolute atomic E-state index is 0.00905. The molecule has 1 aliphatic heterocycles. The van der Waals surface area contributed by atoms with E-state index in [0.29, 0.717) is 29.7 Å². The Kier molecular flexibility index (Phi) is 6.66. The Balaban J connectivity index is 1.88. The number of carbonyl (C=O) groups excluding carboxylic acids is 2. The number of hydrogen-bond acceptors (Lipinski definition) is 4. The summed E-state index contributed by atoms with van der Waals surface area (Å²) in [5.74, 6) is -0.318. The number of hydrogen-bond donors (Lipinski definition) is 0. The van der Waals surface area contributed by atoms with Gasteiger partial charge in [0.2, 0.25) is 0 Å². The Labute approximate surface area is 171 Å². The van der Waals surface area contributed by atoms with Gasteiger partial charge in [0.15, 0.2) is 0 Å². The van der Waals surface area contributed by atoms with Crippen LogP contribution in [0.1, 0.15) is 71.4 Å². The first-order chi connectivity index (χ1) is 14.1. The van der Waals surface area contributed by atoms with Gasteiger partial charge in [-0.1, -0.05) is 44.9 Å². The van der Waals surface area contributed by atoms with Gasteiger partial charge in [-0.05, 0) is 49.1 Å². The number of nitrogens with zero attached hydrogens (tertiary/aromatic N) is 2. The smallest absolute Gasteiger partial charge is 0.343 e. The summed E-state index contributed by atoms with van der Waals surface area (Å²) in [4.78, 5) is 28.0. The van der Waals surface area contributed by atoms with E-state index < -0.39 is 5.97 Å². The summed E-state index contributed by atoms with van der Waals surface area (Å²) < 4.78 is 5.49. The predicted octanol–water partition coefficient (Wildman–Crippen LogP) is 4.74. The normalized spacial score (nSPS) is 13.2. The van der Waals surface area contributed by atoms with Gasteiger partial charge in [0.05, 0.1) is 11.1 Å². The first kappa shape index (κ1) is 20.6. The van der Waals surface area contributed by atoms with Crippen LogP contribution in [-0.2, 0) is 6.42 Å². The Bertz CT molecular complexity index is 939. The second-order valence-electron chi connectivity index (χ2n) is 7.31. The number of ether oxygens (including phenoxy) is 1. The molecule has 1 aliphatic rings. The monoisotopic (exact) mass is 390 g/mol. The van der Waals surface area contributed by atoms with Crippen LogP contribution in [0.3, 0.4) is 0 Å². The second kappa shape index (κ2) is 9.38. The van der Waals surface area contributed by atoms with Crippen LogP contribution in [-0.4, -0.2) is 29.4 Å². The standard InChI is InChI=1S/C24H26N2O3/c1-3-8-18(9-4-2)26-15-14-19-20(23(26)27)11-7-12-21(19)24(28)29-22-13-6-5-10-17(22)16-25/h5-7,10-13,18H,3-4,8-9,14-15H2,1-2H3. The highest BCUT2D eigenvalue weighted by Gasteiger charge is 2.31. The van der Waals surface area contributed by atoms with Crippen LogP contribution in [0.2, 0.25) is 0 Å². The van der Waals surface area contributed by atoms with Gasteiger partial charge in [0.25, 0.3) is 5.91 Å². The maximum Gasteiger partial charge on any atom is 0.343 e. The highest BCUT2D eigenvalue weighted by Crippen LogP contribution is 2.28. The lowest BCUT2D eigenvalue weighted by Crippen LogP contribution is -2.45. The molecule has 150 valence electrons. The largest absolute Gasteiger partial charge is 0.422 e. The molecule has 0 N–H and O–H groups in total. The van der Waals surface area contributed by atoms with Crippen LogP contribution in [0.4, 0.5) is 0 Å². The van der Waals surface area contributed by atoms with Crippen molar-refractivity contribution in [2.75, 3.05) is 6.54 Å². The quantitative estimate of drug-likeness (QED) is 0.505. The zero-order valence-corrected chi connectivity index (χ0v) is 17.0. The van der Waals surface area contributed by atoms with E-state index >= 15 is 0 Å². The van der Waals surface area contributed by atoms with Gasteiger partial charge in [0, 0.05) is 18.2 Å². The molecule has 0 saturated heterocycles. The molecule has 0 spiro atoms. The third-order valence-electron chi connectivity index (χ3n) is 5.38. The number of carbonyl (C=O) groups is 2. The summed E-state index contributed by atoms with van der Waals surface area (Å²) in [7, 11) is 0. The van der Waals surface area contributed by atoms with E-state index in [9.17, 15) is 14.9 Å². The average Bonchev–Trinajstić information content (AvgIpc) is 2.74. The number of esters is 1. The minimum Gasteiger partial charge on any atom is -0.422 e. The Morgan fingerprint density at radius 3 is 2.55 bits per heavy atom. The van der Waals surface area contributed by atoms with Gasteiger partial charge in [0.1, 0.15) is 11.8 Å². The lowest BCUT2D eigenvalue weighted by atomic mass is 9.91.